The highest BCUT2D eigenvalue weighted by Crippen LogP contribution is 2.50. The van der Waals surface area contributed by atoms with Gasteiger partial charge in [-0.25, -0.2) is 4.39 Å². The Balaban J connectivity index is 1.66. The quantitative estimate of drug-likeness (QED) is 0.734. The first-order chi connectivity index (χ1) is 14.9. The van der Waals surface area contributed by atoms with Crippen molar-refractivity contribution in [3.63, 3.8) is 0 Å². The molecule has 5 rings (SSSR count). The third kappa shape index (κ3) is 2.69. The van der Waals surface area contributed by atoms with E-state index in [9.17, 15) is 18.8 Å². The fourth-order valence-corrected chi connectivity index (χ4v) is 5.65. The molecule has 3 amide bonds. The number of nitrogens with zero attached hydrogens (tertiary/aromatic N) is 1. The van der Waals surface area contributed by atoms with E-state index in [1.165, 1.54) is 23.1 Å². The largest absolute Gasteiger partial charge is 0.326 e. The summed E-state index contributed by atoms with van der Waals surface area (Å²) < 4.78 is 14.2. The fraction of sp³-hybridized carbons (Fsp3) is 0.375. The van der Waals surface area contributed by atoms with Gasteiger partial charge in [0.25, 0.3) is 5.91 Å². The maximum Gasteiger partial charge on any atom is 0.291 e. The molecule has 3 heterocycles. The summed E-state index contributed by atoms with van der Waals surface area (Å²) in [5.74, 6) is -2.88. The number of hydrogen-bond acceptors (Lipinski definition) is 3. The number of nitrogens with one attached hydrogen (secondary N) is 1. The number of carbonyl (C=O) groups is 3. The first kappa shape index (κ1) is 19.9. The third-order valence-corrected chi connectivity index (χ3v) is 7.21. The number of amides is 3. The number of nitrogens with two attached hydrogens (primary N) is 1. The molecule has 2 fully saturated rings. The minimum absolute atomic E-state index is 0.226. The first-order valence-corrected chi connectivity index (χ1v) is 10.8. The maximum atomic E-state index is 14.2. The standard InChI is InChI=1S/C24H24FN3O3/c1-3-13(2)28-21(29)19-18(11-14-7-5-4-6-8-14)27-24(20(19)22(28)30)16-12-15(25)9-10-17(16)26-23(24)31/h4-10,12-13,18-20,27H,3,11H2,1-2H3,(H,26,31)/p+1/t13-,18-,19-,20+,24-/m1/s1. The number of fused-ring (bicyclic) bond motifs is 4. The number of benzene rings is 2. The van der Waals surface area contributed by atoms with E-state index in [1.807, 2.05) is 49.5 Å². The third-order valence-electron chi connectivity index (χ3n) is 7.21. The number of hydrogen-bond donors (Lipinski definition) is 2. The lowest BCUT2D eigenvalue weighted by atomic mass is 9.76. The monoisotopic (exact) mass is 422 g/mol. The topological polar surface area (TPSA) is 83.1 Å². The highest BCUT2D eigenvalue weighted by Gasteiger charge is 2.74. The molecular weight excluding hydrogens is 397 g/mol. The number of anilines is 1. The second-order valence-corrected chi connectivity index (χ2v) is 8.84. The number of likely N-dealkylation sites (tertiary alicyclic amines) is 1. The predicted octanol–water partition coefficient (Wildman–Crippen LogP) is 1.56. The van der Waals surface area contributed by atoms with Crippen LogP contribution in [0, 0.1) is 17.7 Å². The average Bonchev–Trinajstić information content (AvgIpc) is 3.33. The Morgan fingerprint density at radius 2 is 1.87 bits per heavy atom. The van der Waals surface area contributed by atoms with Crippen LogP contribution in [0.4, 0.5) is 10.1 Å². The fourth-order valence-electron chi connectivity index (χ4n) is 5.65. The zero-order valence-corrected chi connectivity index (χ0v) is 17.5. The number of halogens is 1. The molecule has 0 aliphatic carbocycles. The van der Waals surface area contributed by atoms with E-state index < -0.39 is 23.2 Å². The van der Waals surface area contributed by atoms with Gasteiger partial charge in [0.15, 0.2) is 0 Å². The summed E-state index contributed by atoms with van der Waals surface area (Å²) in [6.07, 6.45) is 1.17. The van der Waals surface area contributed by atoms with Gasteiger partial charge in [0.2, 0.25) is 17.4 Å². The van der Waals surface area contributed by atoms with Crippen LogP contribution in [0.5, 0.6) is 0 Å². The summed E-state index contributed by atoms with van der Waals surface area (Å²) in [5.41, 5.74) is 0.648. The molecular formula is C24H25FN3O3+. The van der Waals surface area contributed by atoms with Crippen LogP contribution in [-0.4, -0.2) is 34.7 Å². The number of imide groups is 1. The van der Waals surface area contributed by atoms with Crippen molar-refractivity contribution < 1.29 is 24.1 Å². The zero-order chi connectivity index (χ0) is 21.9. The van der Waals surface area contributed by atoms with E-state index in [2.05, 4.69) is 5.32 Å². The molecule has 0 saturated carbocycles. The van der Waals surface area contributed by atoms with E-state index >= 15 is 0 Å². The highest BCUT2D eigenvalue weighted by atomic mass is 19.1. The number of quaternary nitrogens is 1. The molecule has 2 saturated heterocycles. The van der Waals surface area contributed by atoms with E-state index in [4.69, 9.17) is 0 Å². The summed E-state index contributed by atoms with van der Waals surface area (Å²) in [6, 6.07) is 13.3. The van der Waals surface area contributed by atoms with Crippen LogP contribution in [0.1, 0.15) is 31.4 Å². The summed E-state index contributed by atoms with van der Waals surface area (Å²) >= 11 is 0. The predicted molar refractivity (Wildman–Crippen MR) is 111 cm³/mol. The van der Waals surface area contributed by atoms with Gasteiger partial charge in [0.1, 0.15) is 23.7 Å². The summed E-state index contributed by atoms with van der Waals surface area (Å²) in [7, 11) is 0. The second-order valence-electron chi connectivity index (χ2n) is 8.84. The average molecular weight is 422 g/mol. The first-order valence-electron chi connectivity index (χ1n) is 10.8. The van der Waals surface area contributed by atoms with Gasteiger partial charge in [-0.1, -0.05) is 37.3 Å². The van der Waals surface area contributed by atoms with Gasteiger partial charge < -0.3 is 10.6 Å². The van der Waals surface area contributed by atoms with Gasteiger partial charge in [-0.3, -0.25) is 19.3 Å². The van der Waals surface area contributed by atoms with Crippen molar-refractivity contribution in [1.82, 2.24) is 4.90 Å². The molecule has 0 bridgehead atoms. The summed E-state index contributed by atoms with van der Waals surface area (Å²) in [4.78, 5) is 41.8. The van der Waals surface area contributed by atoms with Crippen molar-refractivity contribution in [1.29, 1.82) is 0 Å². The number of rotatable bonds is 4. The summed E-state index contributed by atoms with van der Waals surface area (Å²) in [5, 5.41) is 4.68. The molecule has 0 radical (unpaired) electrons. The Bertz CT molecular complexity index is 1090. The van der Waals surface area contributed by atoms with Crippen LogP contribution in [0.3, 0.4) is 0 Å². The normalized spacial score (nSPS) is 30.0. The van der Waals surface area contributed by atoms with Crippen LogP contribution in [-0.2, 0) is 26.3 Å². The van der Waals surface area contributed by atoms with E-state index in [-0.39, 0.29) is 29.8 Å². The molecule has 160 valence electrons. The van der Waals surface area contributed by atoms with Crippen LogP contribution >= 0.6 is 0 Å². The van der Waals surface area contributed by atoms with Crippen molar-refractivity contribution in [2.45, 2.75) is 44.3 Å². The lowest BCUT2D eigenvalue weighted by molar-refractivity contribution is -0.733. The molecule has 3 aliphatic heterocycles. The van der Waals surface area contributed by atoms with Crippen LogP contribution < -0.4 is 10.6 Å². The van der Waals surface area contributed by atoms with Crippen molar-refractivity contribution in [2.75, 3.05) is 5.32 Å². The van der Waals surface area contributed by atoms with Gasteiger partial charge in [-0.2, -0.15) is 0 Å². The molecule has 0 unspecified atom stereocenters. The van der Waals surface area contributed by atoms with Crippen molar-refractivity contribution >= 4 is 23.4 Å². The highest BCUT2D eigenvalue weighted by molar-refractivity contribution is 6.14. The van der Waals surface area contributed by atoms with Gasteiger partial charge >= 0.3 is 0 Å². The molecule has 2 aromatic carbocycles. The van der Waals surface area contributed by atoms with Crippen molar-refractivity contribution in [3.8, 4) is 0 Å². The lowest BCUT2D eigenvalue weighted by Crippen LogP contribution is -2.99. The Hall–Kier alpha value is -3.06. The number of carbonyl (C=O) groups excluding carboxylic acids is 3. The molecule has 31 heavy (non-hydrogen) atoms. The molecule has 3 aliphatic rings. The molecule has 0 aromatic heterocycles. The van der Waals surface area contributed by atoms with Crippen LogP contribution in [0.15, 0.2) is 48.5 Å². The van der Waals surface area contributed by atoms with Crippen molar-refractivity contribution in [2.24, 2.45) is 11.8 Å². The molecule has 3 N–H and O–H groups in total. The maximum absolute atomic E-state index is 14.2. The Labute approximate surface area is 179 Å². The second kappa shape index (κ2) is 6.99. The molecule has 2 aromatic rings. The zero-order valence-electron chi connectivity index (χ0n) is 17.5. The molecule has 1 spiro atoms. The van der Waals surface area contributed by atoms with Gasteiger partial charge in [-0.15, -0.1) is 0 Å². The molecule has 7 heteroatoms. The molecule has 6 nitrogen and oxygen atoms in total. The lowest BCUT2D eigenvalue weighted by Gasteiger charge is -2.28. The minimum Gasteiger partial charge on any atom is -0.326 e. The van der Waals surface area contributed by atoms with Crippen molar-refractivity contribution in [3.05, 3.63) is 65.5 Å². The van der Waals surface area contributed by atoms with E-state index in [0.29, 0.717) is 24.1 Å². The molecule has 5 atom stereocenters. The Kier molecular flexibility index (Phi) is 4.48. The van der Waals surface area contributed by atoms with Gasteiger partial charge in [0, 0.05) is 18.0 Å². The van der Waals surface area contributed by atoms with Crippen LogP contribution in [0.25, 0.3) is 0 Å². The summed E-state index contributed by atoms with van der Waals surface area (Å²) in [6.45, 7) is 3.78. The Morgan fingerprint density at radius 3 is 2.58 bits per heavy atom. The van der Waals surface area contributed by atoms with E-state index in [0.717, 1.165) is 5.56 Å². The van der Waals surface area contributed by atoms with Gasteiger partial charge in [-0.05, 0) is 37.1 Å². The van der Waals surface area contributed by atoms with E-state index in [1.54, 1.807) is 0 Å². The SMILES string of the molecule is CC[C@@H](C)N1C(=O)[C@H]2[C@@H](C1=O)[C@@]1([NH2+][C@@H]2Cc2ccccc2)C(=O)Nc2ccc(F)cc21. The smallest absolute Gasteiger partial charge is 0.291 e. The minimum atomic E-state index is -1.34. The Morgan fingerprint density at radius 1 is 1.13 bits per heavy atom. The van der Waals surface area contributed by atoms with Crippen LogP contribution in [0.2, 0.25) is 0 Å². The van der Waals surface area contributed by atoms with Gasteiger partial charge in [0.05, 0.1) is 5.69 Å².